The van der Waals surface area contributed by atoms with Gasteiger partial charge in [0.1, 0.15) is 18.2 Å². The van der Waals surface area contributed by atoms with Gasteiger partial charge in [-0.1, -0.05) is 35.4 Å². The number of methoxy groups -OCH3 is 1. The Morgan fingerprint density at radius 1 is 1.32 bits per heavy atom. The summed E-state index contributed by atoms with van der Waals surface area (Å²) >= 11 is 0. The molecule has 2 aliphatic rings. The normalized spacial score (nSPS) is 37.9. The predicted octanol–water partition coefficient (Wildman–Crippen LogP) is 1.51. The standard InChI is InChI=1S/C14H17N3O5/c1-19-14-10(16-17-15)11(18)12-9(21-14)7-20-13(22-12)8-5-3-2-4-6-8/h2-6,9-14,18H,7H2,1H3/t9?,10-,11?,12+,13?,14-/m1/s1. The van der Waals surface area contributed by atoms with Gasteiger partial charge in [-0.2, -0.15) is 0 Å². The van der Waals surface area contributed by atoms with Crippen molar-refractivity contribution < 1.29 is 24.1 Å². The van der Waals surface area contributed by atoms with E-state index in [9.17, 15) is 5.11 Å². The molecule has 3 unspecified atom stereocenters. The van der Waals surface area contributed by atoms with Gasteiger partial charge in [0.05, 0.1) is 12.7 Å². The van der Waals surface area contributed by atoms with E-state index in [1.807, 2.05) is 30.3 Å². The summed E-state index contributed by atoms with van der Waals surface area (Å²) in [7, 11) is 1.43. The van der Waals surface area contributed by atoms with Crippen LogP contribution in [0.2, 0.25) is 0 Å². The lowest BCUT2D eigenvalue weighted by molar-refractivity contribution is -0.338. The van der Waals surface area contributed by atoms with Crippen LogP contribution in [-0.4, -0.2) is 49.5 Å². The molecule has 2 fully saturated rings. The van der Waals surface area contributed by atoms with Crippen LogP contribution >= 0.6 is 0 Å². The zero-order valence-corrected chi connectivity index (χ0v) is 12.0. The minimum absolute atomic E-state index is 0.254. The lowest BCUT2D eigenvalue weighted by Crippen LogP contribution is -2.61. The molecule has 0 aromatic heterocycles. The van der Waals surface area contributed by atoms with Crippen molar-refractivity contribution in [1.29, 1.82) is 0 Å². The second-order valence-corrected chi connectivity index (χ2v) is 5.14. The van der Waals surface area contributed by atoms with Gasteiger partial charge in [0.25, 0.3) is 0 Å². The highest BCUT2D eigenvalue weighted by atomic mass is 16.7. The molecule has 118 valence electrons. The van der Waals surface area contributed by atoms with E-state index in [2.05, 4.69) is 10.0 Å². The summed E-state index contributed by atoms with van der Waals surface area (Å²) < 4.78 is 22.3. The van der Waals surface area contributed by atoms with Crippen molar-refractivity contribution in [2.45, 2.75) is 36.9 Å². The Kier molecular flexibility index (Phi) is 4.58. The van der Waals surface area contributed by atoms with Crippen molar-refractivity contribution in [3.8, 4) is 0 Å². The molecule has 0 bridgehead atoms. The lowest BCUT2D eigenvalue weighted by Gasteiger charge is -2.46. The van der Waals surface area contributed by atoms with Crippen LogP contribution in [0.25, 0.3) is 10.4 Å². The number of azide groups is 1. The van der Waals surface area contributed by atoms with E-state index in [4.69, 9.17) is 24.5 Å². The van der Waals surface area contributed by atoms with Gasteiger partial charge >= 0.3 is 0 Å². The quantitative estimate of drug-likeness (QED) is 0.517. The molecule has 2 heterocycles. The minimum atomic E-state index is -1.03. The molecular formula is C14H17N3O5. The second kappa shape index (κ2) is 6.62. The van der Waals surface area contributed by atoms with Crippen LogP contribution in [0, 0.1) is 0 Å². The van der Waals surface area contributed by atoms with Gasteiger partial charge in [-0.15, -0.1) is 0 Å². The molecule has 0 radical (unpaired) electrons. The number of aliphatic hydroxyl groups is 1. The fourth-order valence-corrected chi connectivity index (χ4v) is 2.73. The largest absolute Gasteiger partial charge is 0.390 e. The van der Waals surface area contributed by atoms with Gasteiger partial charge in [0, 0.05) is 17.6 Å². The topological polar surface area (TPSA) is 106 Å². The fourth-order valence-electron chi connectivity index (χ4n) is 2.73. The number of hydrogen-bond donors (Lipinski definition) is 1. The Hall–Kier alpha value is -1.67. The first-order valence-electron chi connectivity index (χ1n) is 6.97. The highest BCUT2D eigenvalue weighted by Gasteiger charge is 2.49. The van der Waals surface area contributed by atoms with Crippen LogP contribution in [-0.2, 0) is 18.9 Å². The average molecular weight is 307 g/mol. The Morgan fingerprint density at radius 3 is 2.77 bits per heavy atom. The zero-order valence-electron chi connectivity index (χ0n) is 12.0. The Labute approximate surface area is 127 Å². The van der Waals surface area contributed by atoms with E-state index in [0.717, 1.165) is 5.56 Å². The third kappa shape index (κ3) is 2.80. The van der Waals surface area contributed by atoms with E-state index in [1.54, 1.807) is 0 Å². The summed E-state index contributed by atoms with van der Waals surface area (Å²) in [6, 6.07) is 8.55. The molecule has 0 aliphatic carbocycles. The molecule has 2 saturated heterocycles. The summed E-state index contributed by atoms with van der Waals surface area (Å²) in [5.74, 6) is 0. The lowest BCUT2D eigenvalue weighted by atomic mass is 9.96. The number of benzene rings is 1. The third-order valence-corrected chi connectivity index (χ3v) is 3.82. The monoisotopic (exact) mass is 307 g/mol. The van der Waals surface area contributed by atoms with Crippen LogP contribution in [0.3, 0.4) is 0 Å². The number of nitrogens with zero attached hydrogens (tertiary/aromatic N) is 3. The number of fused-ring (bicyclic) bond motifs is 1. The smallest absolute Gasteiger partial charge is 0.184 e. The van der Waals surface area contributed by atoms with Crippen LogP contribution in [0.4, 0.5) is 0 Å². The highest BCUT2D eigenvalue weighted by molar-refractivity contribution is 5.16. The van der Waals surface area contributed by atoms with E-state index in [1.165, 1.54) is 7.11 Å². The van der Waals surface area contributed by atoms with Crippen molar-refractivity contribution >= 4 is 0 Å². The van der Waals surface area contributed by atoms with Gasteiger partial charge in [-0.25, -0.2) is 0 Å². The van der Waals surface area contributed by atoms with Crippen LogP contribution in [0.15, 0.2) is 35.4 Å². The number of rotatable bonds is 3. The van der Waals surface area contributed by atoms with E-state index < -0.39 is 36.9 Å². The summed E-state index contributed by atoms with van der Waals surface area (Å²) in [4.78, 5) is 2.74. The number of ether oxygens (including phenoxy) is 4. The molecular weight excluding hydrogens is 290 g/mol. The van der Waals surface area contributed by atoms with E-state index in [0.29, 0.717) is 0 Å². The van der Waals surface area contributed by atoms with Crippen molar-refractivity contribution in [2.24, 2.45) is 5.11 Å². The minimum Gasteiger partial charge on any atom is -0.390 e. The summed E-state index contributed by atoms with van der Waals surface area (Å²) in [6.07, 6.45) is -3.58. The van der Waals surface area contributed by atoms with Gasteiger partial charge < -0.3 is 24.1 Å². The molecule has 1 N–H and O–H groups in total. The third-order valence-electron chi connectivity index (χ3n) is 3.82. The Bertz CT molecular complexity index is 551. The van der Waals surface area contributed by atoms with Crippen molar-refractivity contribution in [2.75, 3.05) is 13.7 Å². The fraction of sp³-hybridized carbons (Fsp3) is 0.571. The van der Waals surface area contributed by atoms with Crippen molar-refractivity contribution in [1.82, 2.24) is 0 Å². The molecule has 6 atom stereocenters. The molecule has 2 aliphatic heterocycles. The molecule has 1 aromatic carbocycles. The van der Waals surface area contributed by atoms with Gasteiger partial charge in [-0.05, 0) is 5.53 Å². The summed E-state index contributed by atoms with van der Waals surface area (Å²) in [5.41, 5.74) is 9.50. The van der Waals surface area contributed by atoms with Gasteiger partial charge in [0.2, 0.25) is 0 Å². The molecule has 3 rings (SSSR count). The molecule has 8 nitrogen and oxygen atoms in total. The Morgan fingerprint density at radius 2 is 2.09 bits per heavy atom. The van der Waals surface area contributed by atoms with Gasteiger partial charge in [-0.3, -0.25) is 0 Å². The zero-order chi connectivity index (χ0) is 15.5. The van der Waals surface area contributed by atoms with E-state index in [-0.39, 0.29) is 6.61 Å². The molecule has 0 spiro atoms. The first-order valence-corrected chi connectivity index (χ1v) is 6.97. The molecule has 1 aromatic rings. The maximum absolute atomic E-state index is 10.5. The summed E-state index contributed by atoms with van der Waals surface area (Å²) in [6.45, 7) is 0.254. The van der Waals surface area contributed by atoms with Crippen LogP contribution in [0.5, 0.6) is 0 Å². The van der Waals surface area contributed by atoms with Crippen LogP contribution in [0.1, 0.15) is 11.9 Å². The number of aliphatic hydroxyl groups excluding tert-OH is 1. The number of hydrogen-bond acceptors (Lipinski definition) is 6. The van der Waals surface area contributed by atoms with Crippen molar-refractivity contribution in [3.63, 3.8) is 0 Å². The first-order chi connectivity index (χ1) is 10.7. The molecule has 22 heavy (non-hydrogen) atoms. The second-order valence-electron chi connectivity index (χ2n) is 5.14. The Balaban J connectivity index is 1.79. The highest BCUT2D eigenvalue weighted by Crippen LogP contribution is 2.35. The van der Waals surface area contributed by atoms with E-state index >= 15 is 0 Å². The maximum Gasteiger partial charge on any atom is 0.184 e. The SMILES string of the molecule is CO[C@@H]1OC2COC(c3ccccc3)O[C@@H]2C(O)[C@H]1N=[N+]=[N-]. The first kappa shape index (κ1) is 15.2. The van der Waals surface area contributed by atoms with Gasteiger partial charge in [0.15, 0.2) is 12.6 Å². The van der Waals surface area contributed by atoms with Crippen LogP contribution < -0.4 is 0 Å². The molecule has 0 saturated carbocycles. The molecule has 8 heteroatoms. The molecule has 0 amide bonds. The average Bonchev–Trinajstić information content (AvgIpc) is 2.58. The summed E-state index contributed by atoms with van der Waals surface area (Å²) in [5, 5.41) is 14.0. The van der Waals surface area contributed by atoms with Crippen molar-refractivity contribution in [3.05, 3.63) is 46.3 Å². The predicted molar refractivity (Wildman–Crippen MR) is 74.6 cm³/mol. The maximum atomic E-state index is 10.5.